The van der Waals surface area contributed by atoms with Gasteiger partial charge in [-0.05, 0) is 48.2 Å². The van der Waals surface area contributed by atoms with Crippen LogP contribution in [0.2, 0.25) is 10.0 Å². The van der Waals surface area contributed by atoms with Crippen molar-refractivity contribution in [2.24, 2.45) is 0 Å². The van der Waals surface area contributed by atoms with Gasteiger partial charge in [-0.25, -0.2) is 4.39 Å². The fourth-order valence-corrected chi connectivity index (χ4v) is 2.57. The van der Waals surface area contributed by atoms with E-state index >= 15 is 0 Å². The first kappa shape index (κ1) is 18.7. The van der Waals surface area contributed by atoms with Gasteiger partial charge in [0.1, 0.15) is 5.82 Å². The molecule has 1 amide bonds. The first-order valence-corrected chi connectivity index (χ1v) is 8.35. The monoisotopic (exact) mass is 369 g/mol. The average Bonchev–Trinajstić information content (AvgIpc) is 2.56. The number of benzene rings is 2. The van der Waals surface area contributed by atoms with Gasteiger partial charge in [-0.15, -0.1) is 0 Å². The molecule has 0 fully saturated rings. The molecule has 0 radical (unpaired) electrons. The molecule has 24 heavy (non-hydrogen) atoms. The Hall–Kier alpha value is -1.62. The Morgan fingerprint density at radius 1 is 1.12 bits per heavy atom. The van der Waals surface area contributed by atoms with E-state index in [1.165, 1.54) is 24.3 Å². The molecule has 0 heterocycles. The summed E-state index contributed by atoms with van der Waals surface area (Å²) in [5, 5.41) is 13.6. The molecule has 0 bridgehead atoms. The number of rotatable bonds is 7. The van der Waals surface area contributed by atoms with Crippen LogP contribution >= 0.6 is 23.2 Å². The van der Waals surface area contributed by atoms with Gasteiger partial charge in [0.15, 0.2) is 0 Å². The molecule has 1 unspecified atom stereocenters. The average molecular weight is 370 g/mol. The number of hydrogen-bond donors (Lipinski definition) is 2. The van der Waals surface area contributed by atoms with Crippen molar-refractivity contribution in [3.8, 4) is 0 Å². The molecule has 1 atom stereocenters. The van der Waals surface area contributed by atoms with Crippen molar-refractivity contribution in [3.63, 3.8) is 0 Å². The zero-order chi connectivity index (χ0) is 17.5. The van der Waals surface area contributed by atoms with Gasteiger partial charge in [0.05, 0.1) is 16.1 Å². The molecule has 0 saturated carbocycles. The number of aliphatic hydroxyl groups is 1. The number of carbonyl (C=O) groups excluding carboxylic acids is 1. The number of aliphatic hydroxyl groups excluding tert-OH is 1. The van der Waals surface area contributed by atoms with Crippen molar-refractivity contribution in [2.75, 3.05) is 6.54 Å². The zero-order valence-corrected chi connectivity index (χ0v) is 14.4. The van der Waals surface area contributed by atoms with Gasteiger partial charge in [0.25, 0.3) is 0 Å². The summed E-state index contributed by atoms with van der Waals surface area (Å²) in [4.78, 5) is 11.8. The first-order valence-electron chi connectivity index (χ1n) is 7.60. The summed E-state index contributed by atoms with van der Waals surface area (Å²) in [5.41, 5.74) is 1.58. The molecule has 2 N–H and O–H groups in total. The molecule has 0 aliphatic heterocycles. The van der Waals surface area contributed by atoms with E-state index in [4.69, 9.17) is 23.2 Å². The Morgan fingerprint density at radius 2 is 1.83 bits per heavy atom. The van der Waals surface area contributed by atoms with E-state index in [1.807, 2.05) is 6.07 Å². The van der Waals surface area contributed by atoms with Crippen molar-refractivity contribution in [1.82, 2.24) is 5.32 Å². The Bertz CT molecular complexity index is 692. The second-order valence-electron chi connectivity index (χ2n) is 5.47. The molecule has 0 aromatic heterocycles. The van der Waals surface area contributed by atoms with E-state index in [0.29, 0.717) is 34.9 Å². The van der Waals surface area contributed by atoms with Crippen LogP contribution in [0.15, 0.2) is 42.5 Å². The molecule has 0 aliphatic rings. The van der Waals surface area contributed by atoms with Crippen LogP contribution in [-0.2, 0) is 11.2 Å². The van der Waals surface area contributed by atoms with Crippen LogP contribution in [0.25, 0.3) is 0 Å². The van der Waals surface area contributed by atoms with Crippen LogP contribution in [0.1, 0.15) is 30.1 Å². The van der Waals surface area contributed by atoms with Gasteiger partial charge in [-0.2, -0.15) is 0 Å². The molecule has 3 nitrogen and oxygen atoms in total. The van der Waals surface area contributed by atoms with Crippen LogP contribution in [-0.4, -0.2) is 17.6 Å². The lowest BCUT2D eigenvalue weighted by Crippen LogP contribution is -2.28. The highest BCUT2D eigenvalue weighted by atomic mass is 35.5. The third kappa shape index (κ3) is 5.78. The highest BCUT2D eigenvalue weighted by molar-refractivity contribution is 6.42. The van der Waals surface area contributed by atoms with Crippen molar-refractivity contribution in [3.05, 3.63) is 69.5 Å². The molecule has 0 saturated heterocycles. The van der Waals surface area contributed by atoms with E-state index in [0.717, 1.165) is 5.56 Å². The third-order valence-electron chi connectivity index (χ3n) is 3.60. The molecular weight excluding hydrogens is 352 g/mol. The predicted molar refractivity (Wildman–Crippen MR) is 93.8 cm³/mol. The molecule has 128 valence electrons. The summed E-state index contributed by atoms with van der Waals surface area (Å²) in [5.74, 6) is -0.506. The normalized spacial score (nSPS) is 12.0. The lowest BCUT2D eigenvalue weighted by molar-refractivity contribution is -0.121. The summed E-state index contributed by atoms with van der Waals surface area (Å²) >= 11 is 11.8. The van der Waals surface area contributed by atoms with E-state index < -0.39 is 6.10 Å². The van der Waals surface area contributed by atoms with Gasteiger partial charge in [-0.1, -0.05) is 41.4 Å². The number of amides is 1. The lowest BCUT2D eigenvalue weighted by atomic mass is 10.1. The number of aryl methyl sites for hydroxylation is 1. The Labute approximate surface area is 150 Å². The third-order valence-corrected chi connectivity index (χ3v) is 4.34. The fraction of sp³-hybridized carbons (Fsp3) is 0.278. The molecule has 2 aromatic carbocycles. The molecular formula is C18H18Cl2FNO2. The van der Waals surface area contributed by atoms with Gasteiger partial charge in [0.2, 0.25) is 5.91 Å². The van der Waals surface area contributed by atoms with E-state index in [-0.39, 0.29) is 18.3 Å². The smallest absolute Gasteiger partial charge is 0.220 e. The molecule has 0 aliphatic carbocycles. The summed E-state index contributed by atoms with van der Waals surface area (Å²) in [6.45, 7) is 0.0945. The van der Waals surface area contributed by atoms with Crippen LogP contribution in [0.3, 0.4) is 0 Å². The van der Waals surface area contributed by atoms with Gasteiger partial charge < -0.3 is 10.4 Å². The zero-order valence-electron chi connectivity index (χ0n) is 12.9. The van der Waals surface area contributed by atoms with Crippen LogP contribution < -0.4 is 5.32 Å². The Morgan fingerprint density at radius 3 is 2.50 bits per heavy atom. The van der Waals surface area contributed by atoms with Crippen molar-refractivity contribution in [2.45, 2.75) is 25.4 Å². The maximum Gasteiger partial charge on any atom is 0.220 e. The maximum absolute atomic E-state index is 12.8. The Balaban J connectivity index is 1.71. The molecule has 6 heteroatoms. The molecule has 2 aromatic rings. The Kier molecular flexibility index (Phi) is 7.03. The minimum absolute atomic E-state index is 0.0945. The maximum atomic E-state index is 12.8. The molecule has 0 spiro atoms. The second kappa shape index (κ2) is 9.02. The number of carbonyl (C=O) groups is 1. The van der Waals surface area contributed by atoms with E-state index in [9.17, 15) is 14.3 Å². The number of hydrogen-bond acceptors (Lipinski definition) is 2. The fourth-order valence-electron chi connectivity index (χ4n) is 2.25. The van der Waals surface area contributed by atoms with Gasteiger partial charge in [-0.3, -0.25) is 4.79 Å². The summed E-state index contributed by atoms with van der Waals surface area (Å²) in [6, 6.07) is 10.9. The minimum Gasteiger partial charge on any atom is -0.387 e. The summed E-state index contributed by atoms with van der Waals surface area (Å²) in [7, 11) is 0. The van der Waals surface area contributed by atoms with Gasteiger partial charge >= 0.3 is 0 Å². The van der Waals surface area contributed by atoms with Gasteiger partial charge in [0, 0.05) is 13.0 Å². The van der Waals surface area contributed by atoms with Crippen LogP contribution in [0, 0.1) is 5.82 Å². The highest BCUT2D eigenvalue weighted by Crippen LogP contribution is 2.23. The largest absolute Gasteiger partial charge is 0.387 e. The first-order chi connectivity index (χ1) is 11.5. The lowest BCUT2D eigenvalue weighted by Gasteiger charge is -2.12. The van der Waals surface area contributed by atoms with Crippen LogP contribution in [0.4, 0.5) is 4.39 Å². The van der Waals surface area contributed by atoms with Crippen molar-refractivity contribution < 1.29 is 14.3 Å². The molecule has 2 rings (SSSR count). The minimum atomic E-state index is -0.857. The quantitative estimate of drug-likeness (QED) is 0.763. The summed E-state index contributed by atoms with van der Waals surface area (Å²) in [6.07, 6.45) is 0.863. The number of nitrogens with one attached hydrogen (secondary N) is 1. The SMILES string of the molecule is O=C(CCCc1ccc(Cl)c(Cl)c1)NCC(O)c1ccc(F)cc1. The predicted octanol–water partition coefficient (Wildman–Crippen LogP) is 4.31. The highest BCUT2D eigenvalue weighted by Gasteiger charge is 2.10. The van der Waals surface area contributed by atoms with E-state index in [2.05, 4.69) is 5.32 Å². The topological polar surface area (TPSA) is 49.3 Å². The van der Waals surface area contributed by atoms with Crippen molar-refractivity contribution >= 4 is 29.1 Å². The van der Waals surface area contributed by atoms with Crippen molar-refractivity contribution in [1.29, 1.82) is 0 Å². The standard InChI is InChI=1S/C18H18Cl2FNO2/c19-15-9-4-12(10-16(15)20)2-1-3-18(24)22-11-17(23)13-5-7-14(21)8-6-13/h4-10,17,23H,1-3,11H2,(H,22,24). The van der Waals surface area contributed by atoms with E-state index in [1.54, 1.807) is 12.1 Å². The number of halogens is 3. The second-order valence-corrected chi connectivity index (χ2v) is 6.29. The summed E-state index contributed by atoms with van der Waals surface area (Å²) < 4.78 is 12.8. The van der Waals surface area contributed by atoms with Crippen LogP contribution in [0.5, 0.6) is 0 Å².